The van der Waals surface area contributed by atoms with Crippen LogP contribution in [0.3, 0.4) is 0 Å². The van der Waals surface area contributed by atoms with Crippen molar-refractivity contribution in [1.29, 1.82) is 0 Å². The maximum atomic E-state index is 5.36. The van der Waals surface area contributed by atoms with Crippen molar-refractivity contribution in [3.8, 4) is 5.75 Å². The third kappa shape index (κ3) is 3.68. The number of aromatic nitrogens is 2. The SMILES string of the molecule is CNc1cnc(CN(C)Cc2ccccc2OC)cn1. The fourth-order valence-corrected chi connectivity index (χ4v) is 2.02. The Labute approximate surface area is 119 Å². The van der Waals surface area contributed by atoms with Crippen LogP contribution in [0.2, 0.25) is 0 Å². The van der Waals surface area contributed by atoms with Crippen molar-refractivity contribution in [2.45, 2.75) is 13.1 Å². The number of benzene rings is 1. The number of anilines is 1. The van der Waals surface area contributed by atoms with Gasteiger partial charge in [-0.1, -0.05) is 18.2 Å². The second-order valence-electron chi connectivity index (χ2n) is 4.63. The summed E-state index contributed by atoms with van der Waals surface area (Å²) in [6, 6.07) is 8.05. The van der Waals surface area contributed by atoms with Crippen molar-refractivity contribution < 1.29 is 4.74 Å². The zero-order valence-corrected chi connectivity index (χ0v) is 12.1. The first-order chi connectivity index (χ1) is 9.72. The molecule has 0 aliphatic heterocycles. The van der Waals surface area contributed by atoms with Gasteiger partial charge in [-0.3, -0.25) is 9.88 Å². The molecule has 0 aliphatic carbocycles. The second-order valence-corrected chi connectivity index (χ2v) is 4.63. The van der Waals surface area contributed by atoms with Gasteiger partial charge in [-0.25, -0.2) is 4.98 Å². The van der Waals surface area contributed by atoms with Crippen molar-refractivity contribution in [1.82, 2.24) is 14.9 Å². The van der Waals surface area contributed by atoms with Gasteiger partial charge in [-0.05, 0) is 13.1 Å². The Hall–Kier alpha value is -2.14. The van der Waals surface area contributed by atoms with Crippen LogP contribution in [0.15, 0.2) is 36.7 Å². The molecule has 0 aliphatic rings. The molecule has 0 saturated heterocycles. The summed E-state index contributed by atoms with van der Waals surface area (Å²) in [5.41, 5.74) is 2.11. The number of nitrogens with one attached hydrogen (secondary N) is 1. The average Bonchev–Trinajstić information content (AvgIpc) is 2.48. The van der Waals surface area contributed by atoms with Crippen LogP contribution in [0.4, 0.5) is 5.82 Å². The molecule has 0 spiro atoms. The highest BCUT2D eigenvalue weighted by Crippen LogP contribution is 2.19. The largest absolute Gasteiger partial charge is 0.496 e. The smallest absolute Gasteiger partial charge is 0.144 e. The summed E-state index contributed by atoms with van der Waals surface area (Å²) in [5.74, 6) is 1.69. The third-order valence-electron chi connectivity index (χ3n) is 3.03. The molecule has 1 heterocycles. The Morgan fingerprint density at radius 3 is 2.60 bits per heavy atom. The van der Waals surface area contributed by atoms with Crippen LogP contribution >= 0.6 is 0 Å². The highest BCUT2D eigenvalue weighted by Gasteiger charge is 2.07. The van der Waals surface area contributed by atoms with Crippen LogP contribution in [0.1, 0.15) is 11.3 Å². The topological polar surface area (TPSA) is 50.3 Å². The fraction of sp³-hybridized carbons (Fsp3) is 0.333. The first kappa shape index (κ1) is 14.3. The van der Waals surface area contributed by atoms with Crippen molar-refractivity contribution in [3.05, 3.63) is 47.9 Å². The van der Waals surface area contributed by atoms with Gasteiger partial charge in [0.2, 0.25) is 0 Å². The highest BCUT2D eigenvalue weighted by atomic mass is 16.5. The van der Waals surface area contributed by atoms with E-state index in [0.717, 1.165) is 35.9 Å². The molecule has 1 aromatic heterocycles. The van der Waals surface area contributed by atoms with Gasteiger partial charge >= 0.3 is 0 Å². The molecule has 106 valence electrons. The van der Waals surface area contributed by atoms with Crippen LogP contribution in [-0.2, 0) is 13.1 Å². The zero-order chi connectivity index (χ0) is 14.4. The molecule has 0 radical (unpaired) electrons. The summed E-state index contributed by atoms with van der Waals surface area (Å²) in [6.07, 6.45) is 3.54. The Morgan fingerprint density at radius 1 is 1.15 bits per heavy atom. The van der Waals surface area contributed by atoms with E-state index in [2.05, 4.69) is 33.3 Å². The van der Waals surface area contributed by atoms with Gasteiger partial charge in [0, 0.05) is 25.7 Å². The number of rotatable bonds is 6. The molecule has 0 unspecified atom stereocenters. The van der Waals surface area contributed by atoms with Crippen LogP contribution in [0.5, 0.6) is 5.75 Å². The van der Waals surface area contributed by atoms with Crippen molar-refractivity contribution in [2.75, 3.05) is 26.5 Å². The Balaban J connectivity index is 1.99. The Kier molecular flexibility index (Phi) is 4.90. The van der Waals surface area contributed by atoms with Gasteiger partial charge in [0.15, 0.2) is 0 Å². The third-order valence-corrected chi connectivity index (χ3v) is 3.03. The molecule has 5 heteroatoms. The quantitative estimate of drug-likeness (QED) is 0.873. The maximum absolute atomic E-state index is 5.36. The van der Waals surface area contributed by atoms with Crippen LogP contribution in [0, 0.1) is 0 Å². The highest BCUT2D eigenvalue weighted by molar-refractivity contribution is 5.33. The van der Waals surface area contributed by atoms with Crippen LogP contribution in [0.25, 0.3) is 0 Å². The molecule has 0 saturated carbocycles. The van der Waals surface area contributed by atoms with Gasteiger partial charge in [0.1, 0.15) is 11.6 Å². The number of hydrogen-bond acceptors (Lipinski definition) is 5. The first-order valence-corrected chi connectivity index (χ1v) is 6.52. The van der Waals surface area contributed by atoms with E-state index in [-0.39, 0.29) is 0 Å². The molecule has 1 aromatic carbocycles. The van der Waals surface area contributed by atoms with E-state index in [1.165, 1.54) is 0 Å². The van der Waals surface area contributed by atoms with Gasteiger partial charge in [0.25, 0.3) is 0 Å². The van der Waals surface area contributed by atoms with E-state index in [0.29, 0.717) is 0 Å². The first-order valence-electron chi connectivity index (χ1n) is 6.52. The minimum Gasteiger partial charge on any atom is -0.496 e. The predicted octanol–water partition coefficient (Wildman–Crippen LogP) is 2.16. The van der Waals surface area contributed by atoms with Gasteiger partial charge < -0.3 is 10.1 Å². The van der Waals surface area contributed by atoms with Gasteiger partial charge in [-0.2, -0.15) is 0 Å². The molecule has 2 aromatic rings. The van der Waals surface area contributed by atoms with E-state index < -0.39 is 0 Å². The summed E-state index contributed by atoms with van der Waals surface area (Å²) in [6.45, 7) is 1.55. The van der Waals surface area contributed by atoms with Crippen molar-refractivity contribution in [2.24, 2.45) is 0 Å². The minimum atomic E-state index is 0.745. The Morgan fingerprint density at radius 2 is 1.95 bits per heavy atom. The lowest BCUT2D eigenvalue weighted by atomic mass is 10.2. The molecule has 0 atom stereocenters. The average molecular weight is 272 g/mol. The molecule has 0 fully saturated rings. The minimum absolute atomic E-state index is 0.745. The summed E-state index contributed by atoms with van der Waals surface area (Å²) >= 11 is 0. The summed E-state index contributed by atoms with van der Waals surface area (Å²) < 4.78 is 5.36. The van der Waals surface area contributed by atoms with Crippen molar-refractivity contribution >= 4 is 5.82 Å². The van der Waals surface area contributed by atoms with E-state index >= 15 is 0 Å². The molecule has 20 heavy (non-hydrogen) atoms. The maximum Gasteiger partial charge on any atom is 0.144 e. The number of para-hydroxylation sites is 1. The number of hydrogen-bond donors (Lipinski definition) is 1. The molecule has 0 amide bonds. The van der Waals surface area contributed by atoms with Crippen LogP contribution < -0.4 is 10.1 Å². The Bertz CT molecular complexity index is 542. The van der Waals surface area contributed by atoms with E-state index in [4.69, 9.17) is 4.74 Å². The number of nitrogens with zero attached hydrogens (tertiary/aromatic N) is 3. The lowest BCUT2D eigenvalue weighted by Crippen LogP contribution is -2.18. The lowest BCUT2D eigenvalue weighted by molar-refractivity contribution is 0.306. The number of methoxy groups -OCH3 is 1. The van der Waals surface area contributed by atoms with E-state index in [1.807, 2.05) is 25.2 Å². The van der Waals surface area contributed by atoms with Crippen molar-refractivity contribution in [3.63, 3.8) is 0 Å². The second kappa shape index (κ2) is 6.86. The summed E-state index contributed by atoms with van der Waals surface area (Å²) in [7, 11) is 5.58. The predicted molar refractivity (Wildman–Crippen MR) is 79.7 cm³/mol. The lowest BCUT2D eigenvalue weighted by Gasteiger charge is -2.17. The summed E-state index contributed by atoms with van der Waals surface area (Å²) in [4.78, 5) is 10.8. The monoisotopic (exact) mass is 272 g/mol. The molecular formula is C15H20N4O. The van der Waals surface area contributed by atoms with Gasteiger partial charge in [-0.15, -0.1) is 0 Å². The van der Waals surface area contributed by atoms with Gasteiger partial charge in [0.05, 0.1) is 25.2 Å². The molecule has 5 nitrogen and oxygen atoms in total. The van der Waals surface area contributed by atoms with Crippen LogP contribution in [-0.4, -0.2) is 36.1 Å². The summed E-state index contributed by atoms with van der Waals surface area (Å²) in [5, 5.41) is 2.96. The normalized spacial score (nSPS) is 10.6. The number of ether oxygens (including phenoxy) is 1. The molecule has 2 rings (SSSR count). The zero-order valence-electron chi connectivity index (χ0n) is 12.1. The fourth-order valence-electron chi connectivity index (χ4n) is 2.02. The van der Waals surface area contributed by atoms with E-state index in [9.17, 15) is 0 Å². The molecular weight excluding hydrogens is 252 g/mol. The molecule has 0 bridgehead atoms. The standard InChI is InChI=1S/C15H20N4O/c1-16-15-9-17-13(8-18-15)11-19(2)10-12-6-4-5-7-14(12)20-3/h4-9H,10-11H2,1-3H3,(H,16,18). The van der Waals surface area contributed by atoms with E-state index in [1.54, 1.807) is 19.5 Å². The molecule has 1 N–H and O–H groups in total.